The van der Waals surface area contributed by atoms with Crippen LogP contribution in [-0.4, -0.2) is 19.8 Å². The Hall–Kier alpha value is 0.334. The van der Waals surface area contributed by atoms with Crippen molar-refractivity contribution in [1.29, 1.82) is 0 Å². The van der Waals surface area contributed by atoms with Crippen LogP contribution in [0.15, 0.2) is 12.1 Å². The van der Waals surface area contributed by atoms with Gasteiger partial charge in [-0.3, -0.25) is 5.10 Å². The molecular weight excluding hydrogens is 483 g/mol. The minimum Gasteiger partial charge on any atom is -0.364 e. The Bertz CT molecular complexity index is 365. The molecule has 0 saturated heterocycles. The van der Waals surface area contributed by atoms with Gasteiger partial charge in [0.15, 0.2) is 0 Å². The Balaban J connectivity index is 0.000000605. The molecule has 2 aromatic heterocycles. The van der Waals surface area contributed by atoms with E-state index in [0.29, 0.717) is 10.8 Å². The summed E-state index contributed by atoms with van der Waals surface area (Å²) >= 11 is 5.57. The van der Waals surface area contributed by atoms with Crippen LogP contribution >= 0.6 is 11.6 Å². The Labute approximate surface area is 107 Å². The van der Waals surface area contributed by atoms with E-state index in [9.17, 15) is 0 Å². The molecule has 4 nitrogen and oxygen atoms in total. The number of rotatable bonds is 0. The van der Waals surface area contributed by atoms with Crippen molar-refractivity contribution in [1.82, 2.24) is 19.8 Å². The average Bonchev–Trinajstić information content (AvgIpc) is 2.33. The third-order valence-corrected chi connectivity index (χ3v) is 1.28. The quantitative estimate of drug-likeness (QED) is 0.513. The third kappa shape index (κ3) is 2.41. The molecule has 0 N–H and O–H groups in total. The van der Waals surface area contributed by atoms with Gasteiger partial charge in [-0.1, -0.05) is 17.7 Å². The van der Waals surface area contributed by atoms with E-state index in [-0.39, 0.29) is 47.0 Å². The van der Waals surface area contributed by atoms with Crippen molar-refractivity contribution in [2.75, 3.05) is 0 Å². The Morgan fingerprint density at radius 3 is 2.92 bits per heavy atom. The first-order chi connectivity index (χ1) is 4.86. The number of halogens is 1. The van der Waals surface area contributed by atoms with Crippen LogP contribution < -0.4 is 0 Å². The van der Waals surface area contributed by atoms with Crippen LogP contribution in [0, 0.1) is 20.6 Å². The summed E-state index contributed by atoms with van der Waals surface area (Å²) in [5.74, 6) is 0. The van der Waals surface area contributed by atoms with Crippen LogP contribution in [0.3, 0.4) is 0 Å². The van der Waals surface area contributed by atoms with Gasteiger partial charge in [0.25, 0.3) is 0 Å². The number of nitrogens with zero attached hydrogens (tertiary/aromatic N) is 4. The van der Waals surface area contributed by atoms with E-state index in [4.69, 9.17) is 11.6 Å². The molecule has 2 heterocycles. The number of hydrogen-bond donors (Lipinski definition) is 0. The largest absolute Gasteiger partial charge is 0.364 e. The van der Waals surface area contributed by atoms with E-state index in [2.05, 4.69) is 21.6 Å². The fourth-order valence-corrected chi connectivity index (χ4v) is 0.798. The molecule has 0 aliphatic carbocycles. The van der Waals surface area contributed by atoms with Gasteiger partial charge >= 0.3 is 0 Å². The third-order valence-electron chi connectivity index (χ3n) is 1.07. The second-order valence-corrected chi connectivity index (χ2v) is 2.11. The summed E-state index contributed by atoms with van der Waals surface area (Å²) in [6.45, 7) is 0. The van der Waals surface area contributed by atoms with Crippen molar-refractivity contribution in [3.8, 4) is 0 Å². The molecule has 2 radical (unpaired) electrons. The van der Waals surface area contributed by atoms with Gasteiger partial charge in [-0.05, 0) is 12.4 Å². The summed E-state index contributed by atoms with van der Waals surface area (Å²) in [5, 5.41) is 11.4. The molecule has 0 atom stereocenters. The van der Waals surface area contributed by atoms with E-state index in [1.165, 1.54) is 4.52 Å². The summed E-state index contributed by atoms with van der Waals surface area (Å²) in [7, 11) is 0. The van der Waals surface area contributed by atoms with Gasteiger partial charge in [0.2, 0.25) is 0 Å². The molecule has 0 unspecified atom stereocenters. The van der Waals surface area contributed by atoms with Gasteiger partial charge in [-0.15, -0.1) is 0 Å². The van der Waals surface area contributed by atoms with Crippen LogP contribution in [0.2, 0.25) is 5.15 Å². The molecule has 7 heteroatoms. The molecule has 60 valence electrons. The maximum atomic E-state index is 5.57. The molecule has 2 rings (SSSR count). The predicted octanol–water partition coefficient (Wildman–Crippen LogP) is 0.575. The fourth-order valence-electron chi connectivity index (χ4n) is 0.659. The summed E-state index contributed by atoms with van der Waals surface area (Å²) in [5.41, 5.74) is 0.643. The van der Waals surface area contributed by atoms with Crippen LogP contribution in [0.4, 0.5) is 0 Å². The maximum absolute atomic E-state index is 5.57. The molecule has 0 aliphatic heterocycles. The van der Waals surface area contributed by atoms with Gasteiger partial charge in [0, 0.05) is 52.6 Å². The van der Waals surface area contributed by atoms with Gasteiger partial charge in [0.1, 0.15) is 5.15 Å². The summed E-state index contributed by atoms with van der Waals surface area (Å²) in [6, 6.07) is 3.37. The van der Waals surface area contributed by atoms with E-state index >= 15 is 0 Å². The van der Waals surface area contributed by atoms with Gasteiger partial charge in [-0.25, -0.2) is 5.10 Å². The first-order valence-corrected chi connectivity index (χ1v) is 3.00. The summed E-state index contributed by atoms with van der Waals surface area (Å²) in [6.07, 6.45) is 2.52. The fraction of sp³-hybridized carbons (Fsp3) is 0. The molecule has 0 aromatic carbocycles. The van der Waals surface area contributed by atoms with E-state index < -0.39 is 0 Å². The average molecular weight is 485 g/mol. The van der Waals surface area contributed by atoms with Gasteiger partial charge in [-0.2, -0.15) is 5.10 Å². The van der Waals surface area contributed by atoms with E-state index in [0.717, 1.165) is 0 Å². The summed E-state index contributed by atoms with van der Waals surface area (Å²) in [4.78, 5) is 0. The van der Waals surface area contributed by atoms with Crippen LogP contribution in [0.1, 0.15) is 0 Å². The molecule has 2 aromatic rings. The molecule has 0 aliphatic rings. The number of fused-ring (bicyclic) bond motifs is 1. The second kappa shape index (κ2) is 5.15. The number of aromatic nitrogens is 4. The van der Waals surface area contributed by atoms with Crippen molar-refractivity contribution in [3.63, 3.8) is 0 Å². The van der Waals surface area contributed by atoms with Crippen molar-refractivity contribution in [3.05, 3.63) is 23.6 Å². The van der Waals surface area contributed by atoms with Crippen molar-refractivity contribution < 1.29 is 47.0 Å². The smallest absolute Gasteiger partial charge is 0.145 e. The van der Waals surface area contributed by atoms with Crippen LogP contribution in [0.5, 0.6) is 0 Å². The Morgan fingerprint density at radius 2 is 2.17 bits per heavy atom. The van der Waals surface area contributed by atoms with Crippen molar-refractivity contribution >= 4 is 17.2 Å². The molecular formula is C5H2AmClN4Y-. The standard InChI is InChI=1S/C5H2ClN4.Am.Y/c6-4-1-2-5-8-7-3-10(5)9-4;;/h1-2H;;/q-1;;. The predicted molar refractivity (Wildman–Crippen MR) is 34.6 cm³/mol. The van der Waals surface area contributed by atoms with Gasteiger partial charge in [0.05, 0.1) is 0 Å². The zero-order valence-electron chi connectivity index (χ0n) is 5.78. The Morgan fingerprint density at radius 1 is 1.42 bits per heavy atom. The molecule has 0 amide bonds. The topological polar surface area (TPSA) is 43.1 Å². The number of hydrogen-bond acceptors (Lipinski definition) is 3. The molecule has 0 spiro atoms. The first-order valence-electron chi connectivity index (χ1n) is 2.62. The van der Waals surface area contributed by atoms with E-state index in [1.54, 1.807) is 12.1 Å². The van der Waals surface area contributed by atoms with Crippen LogP contribution in [0.25, 0.3) is 5.65 Å². The minimum atomic E-state index is 0. The zero-order valence-corrected chi connectivity index (χ0v) is 12.5. The molecule has 12 heavy (non-hydrogen) atoms. The van der Waals surface area contributed by atoms with Crippen molar-refractivity contribution in [2.24, 2.45) is 0 Å². The van der Waals surface area contributed by atoms with E-state index in [1.807, 2.05) is 0 Å². The minimum absolute atomic E-state index is 0. The molecule has 0 bridgehead atoms. The molecule has 0 saturated carbocycles. The monoisotopic (exact) mass is 483 g/mol. The zero-order chi connectivity index (χ0) is 6.97. The van der Waals surface area contributed by atoms with Crippen LogP contribution in [-0.2, 0) is 32.7 Å². The Kier molecular flexibility index (Phi) is 5.29. The summed E-state index contributed by atoms with van der Waals surface area (Å²) < 4.78 is 1.39. The SMILES string of the molecule is Clc1ccc2nn[c-]n2n1.[Am].[Y]. The molecule has 0 fully saturated rings. The normalized spacial score (nSPS) is 8.75. The van der Waals surface area contributed by atoms with Crippen molar-refractivity contribution in [2.45, 2.75) is 0 Å². The van der Waals surface area contributed by atoms with Gasteiger partial charge < -0.3 is 4.52 Å². The maximum Gasteiger partial charge on any atom is 0.145 e. The second-order valence-electron chi connectivity index (χ2n) is 1.73. The first kappa shape index (κ1) is 12.3.